The minimum atomic E-state index is -0.508. The van der Waals surface area contributed by atoms with Gasteiger partial charge in [-0.15, -0.1) is 11.3 Å². The van der Waals surface area contributed by atoms with Crippen molar-refractivity contribution in [3.8, 4) is 6.07 Å². The average molecular weight is 271 g/mol. The number of hydrogen-bond donors (Lipinski definition) is 1. The first-order chi connectivity index (χ1) is 9.15. The lowest BCUT2D eigenvalue weighted by Crippen LogP contribution is -2.03. The Labute approximate surface area is 113 Å². The van der Waals surface area contributed by atoms with Crippen molar-refractivity contribution in [1.29, 1.82) is 5.26 Å². The number of nitrogens with zero attached hydrogens (tertiary/aromatic N) is 2. The number of para-hydroxylation sites is 1. The summed E-state index contributed by atoms with van der Waals surface area (Å²) in [6.07, 6.45) is 0. The molecule has 1 aromatic carbocycles. The summed E-state index contributed by atoms with van der Waals surface area (Å²) in [7, 11) is 0. The molecule has 0 aliphatic heterocycles. The van der Waals surface area contributed by atoms with Crippen molar-refractivity contribution in [3.63, 3.8) is 0 Å². The molecule has 0 aliphatic rings. The maximum atomic E-state index is 11.0. The molecule has 94 valence electrons. The van der Waals surface area contributed by atoms with Crippen molar-refractivity contribution >= 4 is 28.3 Å². The predicted octanol–water partition coefficient (Wildman–Crippen LogP) is 3.01. The van der Waals surface area contributed by atoms with E-state index in [-0.39, 0.29) is 22.5 Å². The van der Waals surface area contributed by atoms with Gasteiger partial charge in [-0.05, 0) is 17.5 Å². The molecule has 1 aromatic heterocycles. The first kappa shape index (κ1) is 12.8. The molecular weight excluding hydrogens is 262 g/mol. The van der Waals surface area contributed by atoms with Crippen LogP contribution in [-0.2, 0) is 0 Å². The number of benzene rings is 1. The fraction of sp³-hybridized carbons (Fsp3) is 0. The summed E-state index contributed by atoms with van der Waals surface area (Å²) in [6, 6.07) is 11.7. The van der Waals surface area contributed by atoms with E-state index in [2.05, 4.69) is 0 Å². The van der Waals surface area contributed by atoms with Crippen LogP contribution in [-0.4, -0.2) is 4.92 Å². The monoisotopic (exact) mass is 271 g/mol. The fourth-order valence-electron chi connectivity index (χ4n) is 1.66. The van der Waals surface area contributed by atoms with Crippen LogP contribution >= 0.6 is 11.3 Å². The van der Waals surface area contributed by atoms with Gasteiger partial charge in [0.15, 0.2) is 0 Å². The van der Waals surface area contributed by atoms with Gasteiger partial charge >= 0.3 is 0 Å². The number of nitro benzene ring substituents is 1. The van der Waals surface area contributed by atoms with Gasteiger partial charge in [-0.3, -0.25) is 10.1 Å². The summed E-state index contributed by atoms with van der Waals surface area (Å²) < 4.78 is 0. The lowest BCUT2D eigenvalue weighted by molar-refractivity contribution is -0.385. The van der Waals surface area contributed by atoms with Crippen LogP contribution in [0.4, 0.5) is 5.69 Å². The number of allylic oxidation sites excluding steroid dienone is 1. The van der Waals surface area contributed by atoms with E-state index in [1.165, 1.54) is 17.4 Å². The fourth-order valence-corrected chi connectivity index (χ4v) is 2.40. The van der Waals surface area contributed by atoms with Gasteiger partial charge in [0.05, 0.1) is 21.8 Å². The summed E-state index contributed by atoms with van der Waals surface area (Å²) in [5.41, 5.74) is 6.47. The Morgan fingerprint density at radius 3 is 2.63 bits per heavy atom. The van der Waals surface area contributed by atoms with Crippen molar-refractivity contribution in [2.24, 2.45) is 5.73 Å². The highest BCUT2D eigenvalue weighted by molar-refractivity contribution is 7.11. The summed E-state index contributed by atoms with van der Waals surface area (Å²) in [4.78, 5) is 11.2. The molecule has 0 aliphatic carbocycles. The summed E-state index contributed by atoms with van der Waals surface area (Å²) in [5.74, 6) is 0. The Kier molecular flexibility index (Phi) is 3.59. The first-order valence-corrected chi connectivity index (χ1v) is 6.20. The second-order valence-corrected chi connectivity index (χ2v) is 4.60. The van der Waals surface area contributed by atoms with Crippen LogP contribution < -0.4 is 5.73 Å². The first-order valence-electron chi connectivity index (χ1n) is 5.32. The van der Waals surface area contributed by atoms with Crippen molar-refractivity contribution in [2.45, 2.75) is 0 Å². The second kappa shape index (κ2) is 5.33. The van der Waals surface area contributed by atoms with Crippen molar-refractivity contribution in [1.82, 2.24) is 0 Å². The molecule has 1 heterocycles. The van der Waals surface area contributed by atoms with Crippen LogP contribution in [0.2, 0.25) is 0 Å². The molecule has 0 fully saturated rings. The molecule has 0 unspecified atom stereocenters. The summed E-state index contributed by atoms with van der Waals surface area (Å²) >= 11 is 1.36. The Bertz CT molecular complexity index is 684. The molecule has 5 nitrogen and oxygen atoms in total. The van der Waals surface area contributed by atoms with E-state index in [4.69, 9.17) is 5.73 Å². The van der Waals surface area contributed by atoms with Gasteiger partial charge in [-0.25, -0.2) is 0 Å². The molecule has 0 spiro atoms. The van der Waals surface area contributed by atoms with Gasteiger partial charge in [0.2, 0.25) is 0 Å². The molecule has 19 heavy (non-hydrogen) atoms. The molecule has 2 rings (SSSR count). The Morgan fingerprint density at radius 1 is 1.32 bits per heavy atom. The average Bonchev–Trinajstić information content (AvgIpc) is 2.93. The van der Waals surface area contributed by atoms with Crippen molar-refractivity contribution in [3.05, 3.63) is 62.3 Å². The Morgan fingerprint density at radius 2 is 2.05 bits per heavy atom. The third-order valence-corrected chi connectivity index (χ3v) is 3.43. The topological polar surface area (TPSA) is 93.0 Å². The highest BCUT2D eigenvalue weighted by Gasteiger charge is 2.18. The van der Waals surface area contributed by atoms with Crippen LogP contribution in [0.5, 0.6) is 0 Å². The molecule has 0 amide bonds. The molecule has 0 saturated heterocycles. The summed E-state index contributed by atoms with van der Waals surface area (Å²) in [6.45, 7) is 0. The summed E-state index contributed by atoms with van der Waals surface area (Å²) in [5, 5.41) is 22.0. The zero-order valence-corrected chi connectivity index (χ0v) is 10.6. The number of nitrogens with two attached hydrogens (primary N) is 1. The van der Waals surface area contributed by atoms with E-state index in [9.17, 15) is 15.4 Å². The molecule has 2 N–H and O–H groups in total. The van der Waals surface area contributed by atoms with E-state index in [1.54, 1.807) is 30.3 Å². The maximum Gasteiger partial charge on any atom is 0.278 e. The van der Waals surface area contributed by atoms with E-state index in [1.807, 2.05) is 11.4 Å². The molecule has 0 radical (unpaired) electrons. The molecule has 0 bridgehead atoms. The number of rotatable bonds is 3. The number of thiophene rings is 1. The third-order valence-electron chi connectivity index (χ3n) is 2.54. The molecular formula is C13H9N3O2S. The number of hydrogen-bond acceptors (Lipinski definition) is 5. The molecule has 0 atom stereocenters. The van der Waals surface area contributed by atoms with Crippen molar-refractivity contribution < 1.29 is 4.92 Å². The lowest BCUT2D eigenvalue weighted by Gasteiger charge is -2.05. The van der Waals surface area contributed by atoms with Gasteiger partial charge in [-0.1, -0.05) is 18.2 Å². The van der Waals surface area contributed by atoms with Gasteiger partial charge in [0.1, 0.15) is 6.07 Å². The second-order valence-electron chi connectivity index (χ2n) is 3.65. The Balaban J connectivity index is 2.64. The van der Waals surface area contributed by atoms with E-state index in [0.29, 0.717) is 4.88 Å². The molecule has 0 saturated carbocycles. The normalized spacial score (nSPS) is 11.5. The zero-order valence-electron chi connectivity index (χ0n) is 9.74. The smallest absolute Gasteiger partial charge is 0.278 e. The van der Waals surface area contributed by atoms with Crippen LogP contribution in [0.15, 0.2) is 41.8 Å². The zero-order chi connectivity index (χ0) is 13.8. The highest BCUT2D eigenvalue weighted by Crippen LogP contribution is 2.30. The van der Waals surface area contributed by atoms with Gasteiger partial charge in [-0.2, -0.15) is 5.26 Å². The lowest BCUT2D eigenvalue weighted by atomic mass is 10.0. The van der Waals surface area contributed by atoms with Gasteiger partial charge < -0.3 is 5.73 Å². The van der Waals surface area contributed by atoms with Gasteiger partial charge in [0, 0.05) is 10.9 Å². The van der Waals surface area contributed by atoms with E-state index in [0.717, 1.165) is 0 Å². The quantitative estimate of drug-likeness (QED) is 0.527. The minimum Gasteiger partial charge on any atom is -0.397 e. The number of nitro groups is 1. The minimum absolute atomic E-state index is 0.107. The largest absolute Gasteiger partial charge is 0.397 e. The van der Waals surface area contributed by atoms with Gasteiger partial charge in [0.25, 0.3) is 5.69 Å². The van der Waals surface area contributed by atoms with E-state index < -0.39 is 4.92 Å². The van der Waals surface area contributed by atoms with E-state index >= 15 is 0 Å². The van der Waals surface area contributed by atoms with Crippen LogP contribution in [0, 0.1) is 21.4 Å². The van der Waals surface area contributed by atoms with Crippen molar-refractivity contribution in [2.75, 3.05) is 0 Å². The standard InChI is InChI=1S/C13H9N3O2S/c14-8-10(12-6-3-7-19-12)13(15)9-4-1-2-5-11(9)16(17)18/h1-7H,15H2/b13-10-. The number of nitriles is 1. The SMILES string of the molecule is N#C/C(=C(/N)c1ccccc1[N+](=O)[O-])c1cccs1. The van der Waals surface area contributed by atoms with Crippen LogP contribution in [0.3, 0.4) is 0 Å². The molecule has 6 heteroatoms. The third kappa shape index (κ3) is 2.46. The van der Waals surface area contributed by atoms with Crippen LogP contribution in [0.25, 0.3) is 11.3 Å². The highest BCUT2D eigenvalue weighted by atomic mass is 32.1. The maximum absolute atomic E-state index is 11.0. The Hall–Kier alpha value is -2.65. The van der Waals surface area contributed by atoms with Crippen LogP contribution in [0.1, 0.15) is 10.4 Å². The molecule has 2 aromatic rings. The predicted molar refractivity (Wildman–Crippen MR) is 74.0 cm³/mol.